The van der Waals surface area contributed by atoms with E-state index >= 15 is 0 Å². The van der Waals surface area contributed by atoms with Crippen LogP contribution in [0.1, 0.15) is 36.0 Å². The summed E-state index contributed by atoms with van der Waals surface area (Å²) >= 11 is 0. The van der Waals surface area contributed by atoms with Crippen molar-refractivity contribution in [1.29, 1.82) is 0 Å². The van der Waals surface area contributed by atoms with Gasteiger partial charge >= 0.3 is 0 Å². The molecule has 0 amide bonds. The van der Waals surface area contributed by atoms with E-state index in [4.69, 9.17) is 5.73 Å². The molecule has 1 aromatic carbocycles. The van der Waals surface area contributed by atoms with E-state index in [0.717, 1.165) is 31.2 Å². The van der Waals surface area contributed by atoms with Gasteiger partial charge in [-0.25, -0.2) is 0 Å². The van der Waals surface area contributed by atoms with Crippen molar-refractivity contribution in [2.45, 2.75) is 37.8 Å². The maximum absolute atomic E-state index is 11.9. The Hall–Kier alpha value is -1.19. The van der Waals surface area contributed by atoms with E-state index < -0.39 is 0 Å². The molecule has 3 heteroatoms. The summed E-state index contributed by atoms with van der Waals surface area (Å²) in [6, 6.07) is 10.3. The zero-order valence-electron chi connectivity index (χ0n) is 10.1. The van der Waals surface area contributed by atoms with Crippen LogP contribution in [-0.2, 0) is 0 Å². The van der Waals surface area contributed by atoms with Crippen molar-refractivity contribution < 1.29 is 4.79 Å². The summed E-state index contributed by atoms with van der Waals surface area (Å²) in [6.45, 7) is 0.434. The lowest BCUT2D eigenvalue weighted by molar-refractivity contribution is 0.0984. The molecule has 0 radical (unpaired) electrons. The summed E-state index contributed by atoms with van der Waals surface area (Å²) in [6.07, 6.45) is 4.31. The van der Waals surface area contributed by atoms with Gasteiger partial charge in [0.15, 0.2) is 5.78 Å². The molecule has 0 aliphatic heterocycles. The minimum Gasteiger partial charge on any atom is -0.328 e. The van der Waals surface area contributed by atoms with Crippen molar-refractivity contribution in [2.24, 2.45) is 5.73 Å². The molecule has 1 aromatic rings. The summed E-state index contributed by atoms with van der Waals surface area (Å²) in [5.41, 5.74) is 6.63. The Morgan fingerprint density at radius 2 is 1.82 bits per heavy atom. The first-order valence-corrected chi connectivity index (χ1v) is 6.33. The molecule has 92 valence electrons. The van der Waals surface area contributed by atoms with Crippen LogP contribution in [0, 0.1) is 0 Å². The molecule has 0 spiro atoms. The van der Waals surface area contributed by atoms with E-state index in [1.54, 1.807) is 0 Å². The Balaban J connectivity index is 1.77. The second kappa shape index (κ2) is 5.94. The SMILES string of the molecule is NC1CCC(NCC(=O)c2ccccc2)CC1. The first-order chi connectivity index (χ1) is 8.25. The number of hydrogen-bond donors (Lipinski definition) is 2. The molecule has 1 aliphatic carbocycles. The van der Waals surface area contributed by atoms with Gasteiger partial charge in [-0.1, -0.05) is 30.3 Å². The average molecular weight is 232 g/mol. The Labute approximate surface area is 102 Å². The van der Waals surface area contributed by atoms with Gasteiger partial charge < -0.3 is 11.1 Å². The van der Waals surface area contributed by atoms with Gasteiger partial charge in [0.25, 0.3) is 0 Å². The number of rotatable bonds is 4. The van der Waals surface area contributed by atoms with Crippen LogP contribution < -0.4 is 11.1 Å². The molecule has 1 saturated carbocycles. The minimum absolute atomic E-state index is 0.167. The van der Waals surface area contributed by atoms with Crippen LogP contribution in [0.25, 0.3) is 0 Å². The fraction of sp³-hybridized carbons (Fsp3) is 0.500. The standard InChI is InChI=1S/C14H20N2O/c15-12-6-8-13(9-7-12)16-10-14(17)11-4-2-1-3-5-11/h1-5,12-13,16H,6-10,15H2. The van der Waals surface area contributed by atoms with Crippen molar-refractivity contribution in [3.05, 3.63) is 35.9 Å². The van der Waals surface area contributed by atoms with Crippen LogP contribution in [0.15, 0.2) is 30.3 Å². The maximum Gasteiger partial charge on any atom is 0.176 e. The highest BCUT2D eigenvalue weighted by atomic mass is 16.1. The van der Waals surface area contributed by atoms with Gasteiger partial charge in [0.05, 0.1) is 6.54 Å². The highest BCUT2D eigenvalue weighted by Gasteiger charge is 2.18. The molecule has 3 N–H and O–H groups in total. The lowest BCUT2D eigenvalue weighted by Gasteiger charge is -2.26. The molecule has 0 atom stereocenters. The van der Waals surface area contributed by atoms with Crippen molar-refractivity contribution in [3.8, 4) is 0 Å². The van der Waals surface area contributed by atoms with Gasteiger partial charge in [0, 0.05) is 17.6 Å². The Morgan fingerprint density at radius 1 is 1.18 bits per heavy atom. The molecule has 17 heavy (non-hydrogen) atoms. The number of hydrogen-bond acceptors (Lipinski definition) is 3. The lowest BCUT2D eigenvalue weighted by Crippen LogP contribution is -2.39. The third-order valence-corrected chi connectivity index (χ3v) is 3.42. The van der Waals surface area contributed by atoms with Gasteiger partial charge in [-0.2, -0.15) is 0 Å². The summed E-state index contributed by atoms with van der Waals surface area (Å²) in [5.74, 6) is 0.167. The monoisotopic (exact) mass is 232 g/mol. The molecule has 0 unspecified atom stereocenters. The van der Waals surface area contributed by atoms with Gasteiger partial charge in [-0.15, -0.1) is 0 Å². The van der Waals surface area contributed by atoms with E-state index in [1.165, 1.54) is 0 Å². The fourth-order valence-corrected chi connectivity index (χ4v) is 2.29. The van der Waals surface area contributed by atoms with E-state index in [1.807, 2.05) is 30.3 Å². The van der Waals surface area contributed by atoms with Crippen LogP contribution in [0.5, 0.6) is 0 Å². The summed E-state index contributed by atoms with van der Waals surface area (Å²) in [5, 5.41) is 3.34. The largest absolute Gasteiger partial charge is 0.328 e. The van der Waals surface area contributed by atoms with Gasteiger partial charge in [0.2, 0.25) is 0 Å². The number of nitrogens with two attached hydrogens (primary N) is 1. The zero-order chi connectivity index (χ0) is 12.1. The molecule has 0 heterocycles. The van der Waals surface area contributed by atoms with Crippen LogP contribution in [0.4, 0.5) is 0 Å². The fourth-order valence-electron chi connectivity index (χ4n) is 2.29. The molecule has 0 saturated heterocycles. The maximum atomic E-state index is 11.9. The molecular weight excluding hydrogens is 212 g/mol. The molecule has 3 nitrogen and oxygen atoms in total. The minimum atomic E-state index is 0.167. The van der Waals surface area contributed by atoms with E-state index in [0.29, 0.717) is 18.6 Å². The number of nitrogens with one attached hydrogen (secondary N) is 1. The van der Waals surface area contributed by atoms with Crippen molar-refractivity contribution in [2.75, 3.05) is 6.54 Å². The van der Waals surface area contributed by atoms with Crippen LogP contribution >= 0.6 is 0 Å². The molecule has 1 fully saturated rings. The average Bonchev–Trinajstić information content (AvgIpc) is 2.39. The first kappa shape index (κ1) is 12.3. The third-order valence-electron chi connectivity index (χ3n) is 3.42. The van der Waals surface area contributed by atoms with Crippen molar-refractivity contribution in [3.63, 3.8) is 0 Å². The lowest BCUT2D eigenvalue weighted by atomic mass is 9.92. The Morgan fingerprint density at radius 3 is 2.47 bits per heavy atom. The Bertz CT molecular complexity index is 356. The number of Topliss-reactive ketones (excluding diaryl/α,β-unsaturated/α-hetero) is 1. The summed E-state index contributed by atoms with van der Waals surface area (Å²) in [4.78, 5) is 11.9. The van der Waals surface area contributed by atoms with Crippen molar-refractivity contribution >= 4 is 5.78 Å². The number of ketones is 1. The quantitative estimate of drug-likeness (QED) is 0.777. The van der Waals surface area contributed by atoms with Crippen LogP contribution in [-0.4, -0.2) is 24.4 Å². The molecule has 1 aliphatic rings. The van der Waals surface area contributed by atoms with E-state index in [-0.39, 0.29) is 5.78 Å². The highest BCUT2D eigenvalue weighted by Crippen LogP contribution is 2.16. The molecule has 2 rings (SSSR count). The summed E-state index contributed by atoms with van der Waals surface area (Å²) < 4.78 is 0. The zero-order valence-corrected chi connectivity index (χ0v) is 10.1. The molecule has 0 bridgehead atoms. The summed E-state index contributed by atoms with van der Waals surface area (Å²) in [7, 11) is 0. The smallest absolute Gasteiger partial charge is 0.176 e. The normalized spacial score (nSPS) is 24.5. The van der Waals surface area contributed by atoms with Gasteiger partial charge in [0.1, 0.15) is 0 Å². The third kappa shape index (κ3) is 3.65. The van der Waals surface area contributed by atoms with E-state index in [9.17, 15) is 4.79 Å². The predicted molar refractivity (Wildman–Crippen MR) is 69.0 cm³/mol. The highest BCUT2D eigenvalue weighted by molar-refractivity contribution is 5.97. The van der Waals surface area contributed by atoms with E-state index in [2.05, 4.69) is 5.32 Å². The number of carbonyl (C=O) groups is 1. The number of benzene rings is 1. The van der Waals surface area contributed by atoms with Crippen molar-refractivity contribution in [1.82, 2.24) is 5.32 Å². The molecular formula is C14H20N2O. The van der Waals surface area contributed by atoms with Gasteiger partial charge in [-0.05, 0) is 25.7 Å². The number of carbonyl (C=O) groups excluding carboxylic acids is 1. The second-order valence-electron chi connectivity index (χ2n) is 4.78. The molecule has 0 aromatic heterocycles. The topological polar surface area (TPSA) is 55.1 Å². The first-order valence-electron chi connectivity index (χ1n) is 6.33. The van der Waals surface area contributed by atoms with Crippen LogP contribution in [0.2, 0.25) is 0 Å². The van der Waals surface area contributed by atoms with Gasteiger partial charge in [-0.3, -0.25) is 4.79 Å². The van der Waals surface area contributed by atoms with Crippen LogP contribution in [0.3, 0.4) is 0 Å². The Kier molecular flexibility index (Phi) is 4.29. The predicted octanol–water partition coefficient (Wildman–Crippen LogP) is 1.73. The second-order valence-corrected chi connectivity index (χ2v) is 4.78.